The Morgan fingerprint density at radius 3 is 2.71 bits per heavy atom. The zero-order valence-electron chi connectivity index (χ0n) is 14.4. The Morgan fingerprint density at radius 1 is 1.38 bits per heavy atom. The fraction of sp³-hybridized carbons (Fsp3) is 0.333. The predicted molar refractivity (Wildman–Crippen MR) is 95.0 cm³/mol. The average molecular weight is 345 g/mol. The quantitative estimate of drug-likeness (QED) is 0.713. The second kappa shape index (κ2) is 6.02. The van der Waals surface area contributed by atoms with E-state index < -0.39 is 0 Å². The summed E-state index contributed by atoms with van der Waals surface area (Å²) in [6, 6.07) is 4.49. The molecular formula is C18H20FN3OS. The molecule has 0 radical (unpaired) electrons. The van der Waals surface area contributed by atoms with E-state index in [-0.39, 0.29) is 17.8 Å². The maximum atomic E-state index is 13.6. The monoisotopic (exact) mass is 345 g/mol. The average Bonchev–Trinajstić information content (AvgIpc) is 3.08. The van der Waals surface area contributed by atoms with Crippen molar-refractivity contribution in [3.63, 3.8) is 0 Å². The van der Waals surface area contributed by atoms with Crippen LogP contribution in [0.15, 0.2) is 23.6 Å². The van der Waals surface area contributed by atoms with Gasteiger partial charge in [-0.3, -0.25) is 4.79 Å². The first-order valence-electron chi connectivity index (χ1n) is 7.75. The second-order valence-corrected chi connectivity index (χ2v) is 7.00. The van der Waals surface area contributed by atoms with E-state index in [1.54, 1.807) is 29.4 Å². The van der Waals surface area contributed by atoms with E-state index in [1.165, 1.54) is 12.1 Å². The standard InChI is InChI=1S/C18H20FN3OS/c1-10-9-24-17(20-10)12(3)21(4)18(23)16-11(2)14-8-13(19)6-7-15(14)22(16)5/h6-9,12H,1-5H3/t12-/m1/s1. The summed E-state index contributed by atoms with van der Waals surface area (Å²) in [5.41, 5.74) is 3.19. The molecule has 3 rings (SSSR count). The van der Waals surface area contributed by atoms with Gasteiger partial charge in [0, 0.05) is 36.1 Å². The molecule has 0 aliphatic heterocycles. The minimum Gasteiger partial charge on any atom is -0.339 e. The first-order valence-corrected chi connectivity index (χ1v) is 8.63. The molecule has 4 nitrogen and oxygen atoms in total. The lowest BCUT2D eigenvalue weighted by atomic mass is 10.1. The molecule has 0 aliphatic carbocycles. The van der Waals surface area contributed by atoms with Gasteiger partial charge in [0.15, 0.2) is 0 Å². The largest absolute Gasteiger partial charge is 0.339 e. The number of aromatic nitrogens is 2. The minimum atomic E-state index is -0.296. The summed E-state index contributed by atoms with van der Waals surface area (Å²) < 4.78 is 15.4. The van der Waals surface area contributed by atoms with Crippen LogP contribution in [0.25, 0.3) is 10.9 Å². The molecule has 2 aromatic heterocycles. The molecule has 0 spiro atoms. The maximum absolute atomic E-state index is 13.6. The van der Waals surface area contributed by atoms with E-state index in [2.05, 4.69) is 4.98 Å². The van der Waals surface area contributed by atoms with E-state index in [9.17, 15) is 9.18 Å². The Bertz CT molecular complexity index is 928. The van der Waals surface area contributed by atoms with E-state index in [1.807, 2.05) is 37.8 Å². The number of benzene rings is 1. The molecule has 2 heterocycles. The molecule has 0 bridgehead atoms. The summed E-state index contributed by atoms with van der Waals surface area (Å²) in [5, 5.41) is 3.66. The van der Waals surface area contributed by atoms with Crippen molar-refractivity contribution < 1.29 is 9.18 Å². The number of carbonyl (C=O) groups excluding carboxylic acids is 1. The molecule has 0 fully saturated rings. The number of carbonyl (C=O) groups is 1. The molecule has 3 aromatic rings. The predicted octanol–water partition coefficient (Wildman–Crippen LogP) is 4.22. The first-order chi connectivity index (χ1) is 11.3. The highest BCUT2D eigenvalue weighted by atomic mass is 32.1. The molecule has 0 saturated heterocycles. The van der Waals surface area contributed by atoms with Crippen molar-refractivity contribution in [2.24, 2.45) is 7.05 Å². The Kier molecular flexibility index (Phi) is 4.17. The zero-order chi connectivity index (χ0) is 17.6. The van der Waals surface area contributed by atoms with Gasteiger partial charge >= 0.3 is 0 Å². The van der Waals surface area contributed by atoms with Gasteiger partial charge in [0.25, 0.3) is 5.91 Å². The zero-order valence-corrected chi connectivity index (χ0v) is 15.2. The first kappa shape index (κ1) is 16.6. The van der Waals surface area contributed by atoms with Crippen molar-refractivity contribution >= 4 is 28.1 Å². The van der Waals surface area contributed by atoms with Crippen LogP contribution in [0.4, 0.5) is 4.39 Å². The van der Waals surface area contributed by atoms with Crippen molar-refractivity contribution in [2.75, 3.05) is 7.05 Å². The molecule has 24 heavy (non-hydrogen) atoms. The van der Waals surface area contributed by atoms with Gasteiger partial charge in [-0.2, -0.15) is 0 Å². The third kappa shape index (κ3) is 2.60. The number of hydrogen-bond acceptors (Lipinski definition) is 3. The van der Waals surface area contributed by atoms with Crippen molar-refractivity contribution in [1.29, 1.82) is 0 Å². The van der Waals surface area contributed by atoms with E-state index in [4.69, 9.17) is 0 Å². The van der Waals surface area contributed by atoms with Crippen molar-refractivity contribution in [1.82, 2.24) is 14.5 Å². The van der Waals surface area contributed by atoms with Gasteiger partial charge in [-0.05, 0) is 44.5 Å². The van der Waals surface area contributed by atoms with Crippen LogP contribution in [0.3, 0.4) is 0 Å². The van der Waals surface area contributed by atoms with Crippen molar-refractivity contribution in [3.05, 3.63) is 51.4 Å². The fourth-order valence-electron chi connectivity index (χ4n) is 2.98. The van der Waals surface area contributed by atoms with E-state index in [0.29, 0.717) is 5.69 Å². The highest BCUT2D eigenvalue weighted by molar-refractivity contribution is 7.09. The molecule has 1 aromatic carbocycles. The number of hydrogen-bond donors (Lipinski definition) is 0. The van der Waals surface area contributed by atoms with Gasteiger partial charge < -0.3 is 9.47 Å². The summed E-state index contributed by atoms with van der Waals surface area (Å²) in [7, 11) is 3.62. The SMILES string of the molecule is Cc1csc([C@@H](C)N(C)C(=O)c2c(C)c3cc(F)ccc3n2C)n1. The molecule has 1 amide bonds. The summed E-state index contributed by atoms with van der Waals surface area (Å²) in [6.45, 7) is 5.77. The van der Waals surface area contributed by atoms with Crippen molar-refractivity contribution in [2.45, 2.75) is 26.8 Å². The van der Waals surface area contributed by atoms with Crippen LogP contribution < -0.4 is 0 Å². The Labute approximate surface area is 144 Å². The number of thiazole rings is 1. The minimum absolute atomic E-state index is 0.0908. The number of nitrogens with zero attached hydrogens (tertiary/aromatic N) is 3. The number of rotatable bonds is 3. The number of aryl methyl sites for hydroxylation is 3. The van der Waals surface area contributed by atoms with Crippen LogP contribution >= 0.6 is 11.3 Å². The second-order valence-electron chi connectivity index (χ2n) is 6.11. The molecule has 6 heteroatoms. The van der Waals surface area contributed by atoms with Gasteiger partial charge in [0.1, 0.15) is 16.5 Å². The molecule has 0 N–H and O–H groups in total. The Hall–Kier alpha value is -2.21. The molecule has 0 saturated carbocycles. The van der Waals surface area contributed by atoms with Crippen LogP contribution in [0.1, 0.15) is 39.7 Å². The van der Waals surface area contributed by atoms with E-state index in [0.717, 1.165) is 27.2 Å². The van der Waals surface area contributed by atoms with Crippen LogP contribution in [-0.4, -0.2) is 27.4 Å². The summed E-state index contributed by atoms with van der Waals surface area (Å²) >= 11 is 1.55. The summed E-state index contributed by atoms with van der Waals surface area (Å²) in [6.07, 6.45) is 0. The number of halogens is 1. The van der Waals surface area contributed by atoms with Gasteiger partial charge in [0.2, 0.25) is 0 Å². The molecular weight excluding hydrogens is 325 g/mol. The lowest BCUT2D eigenvalue weighted by Gasteiger charge is -2.24. The molecule has 1 atom stereocenters. The van der Waals surface area contributed by atoms with Crippen LogP contribution in [0.2, 0.25) is 0 Å². The lowest BCUT2D eigenvalue weighted by Crippen LogP contribution is -2.31. The highest BCUT2D eigenvalue weighted by Crippen LogP contribution is 2.29. The van der Waals surface area contributed by atoms with Gasteiger partial charge in [-0.25, -0.2) is 9.37 Å². The van der Waals surface area contributed by atoms with Gasteiger partial charge in [0.05, 0.1) is 6.04 Å². The highest BCUT2D eigenvalue weighted by Gasteiger charge is 2.26. The summed E-state index contributed by atoms with van der Waals surface area (Å²) in [5.74, 6) is -0.387. The van der Waals surface area contributed by atoms with Crippen molar-refractivity contribution in [3.8, 4) is 0 Å². The van der Waals surface area contributed by atoms with Gasteiger partial charge in [-0.1, -0.05) is 0 Å². The van der Waals surface area contributed by atoms with E-state index >= 15 is 0 Å². The third-order valence-corrected chi connectivity index (χ3v) is 5.65. The fourth-order valence-corrected chi connectivity index (χ4v) is 3.87. The van der Waals surface area contributed by atoms with Crippen LogP contribution in [0.5, 0.6) is 0 Å². The Balaban J connectivity index is 2.02. The summed E-state index contributed by atoms with van der Waals surface area (Å²) in [4.78, 5) is 19.2. The smallest absolute Gasteiger partial charge is 0.271 e. The van der Waals surface area contributed by atoms with Crippen LogP contribution in [-0.2, 0) is 7.05 Å². The molecule has 0 aliphatic rings. The molecule has 126 valence electrons. The number of amides is 1. The normalized spacial score (nSPS) is 12.6. The lowest BCUT2D eigenvalue weighted by molar-refractivity contribution is 0.0732. The topological polar surface area (TPSA) is 38.1 Å². The number of fused-ring (bicyclic) bond motifs is 1. The van der Waals surface area contributed by atoms with Gasteiger partial charge in [-0.15, -0.1) is 11.3 Å². The van der Waals surface area contributed by atoms with Crippen LogP contribution in [0, 0.1) is 19.7 Å². The maximum Gasteiger partial charge on any atom is 0.271 e. The third-order valence-electron chi connectivity index (χ3n) is 4.51. The molecule has 0 unspecified atom stereocenters. The Morgan fingerprint density at radius 2 is 2.08 bits per heavy atom.